The summed E-state index contributed by atoms with van der Waals surface area (Å²) < 4.78 is 11.7. The third-order valence-corrected chi connectivity index (χ3v) is 8.42. The number of benzene rings is 2. The van der Waals surface area contributed by atoms with Gasteiger partial charge in [0.05, 0.1) is 30.5 Å². The van der Waals surface area contributed by atoms with E-state index in [1.54, 1.807) is 18.4 Å². The van der Waals surface area contributed by atoms with Crippen molar-refractivity contribution in [2.24, 2.45) is 0 Å². The molecule has 1 N–H and O–H groups in total. The second-order valence-corrected chi connectivity index (χ2v) is 12.9. The number of nitrogens with zero attached hydrogens (tertiary/aromatic N) is 2. The molecule has 0 saturated carbocycles. The molecule has 1 aliphatic rings. The van der Waals surface area contributed by atoms with Crippen LogP contribution in [-0.2, 0) is 19.5 Å². The highest BCUT2D eigenvalue weighted by Gasteiger charge is 2.29. The fraction of sp³-hybridized carbons (Fsp3) is 0.375. The molecule has 210 valence electrons. The molecule has 40 heavy (non-hydrogen) atoms. The molecule has 4 aromatic rings. The van der Waals surface area contributed by atoms with Crippen molar-refractivity contribution in [3.63, 3.8) is 0 Å². The quantitative estimate of drug-likeness (QED) is 0.246. The molecule has 8 heteroatoms. The van der Waals surface area contributed by atoms with Gasteiger partial charge in [0.1, 0.15) is 4.83 Å². The van der Waals surface area contributed by atoms with Gasteiger partial charge in [-0.2, -0.15) is 0 Å². The minimum Gasteiger partial charge on any atom is -0.493 e. The average molecular weight is 578 g/mol. The van der Waals surface area contributed by atoms with E-state index in [-0.39, 0.29) is 17.6 Å². The number of nitrogens with one attached hydrogen (secondary N) is 1. The number of hydrogen-bond donors (Lipinski definition) is 1. The first-order valence-electron chi connectivity index (χ1n) is 13.6. The van der Waals surface area contributed by atoms with Gasteiger partial charge in [-0.05, 0) is 76.4 Å². The highest BCUT2D eigenvalue weighted by molar-refractivity contribution is 7.19. The Bertz CT molecular complexity index is 1540. The zero-order valence-corrected chi connectivity index (χ0v) is 25.5. The molecule has 2 aromatic carbocycles. The number of rotatable bonds is 7. The molecule has 0 saturated heterocycles. The Hall–Kier alpha value is -3.13. The topological polar surface area (TPSA) is 63.7 Å². The van der Waals surface area contributed by atoms with Gasteiger partial charge >= 0.3 is 0 Å². The van der Waals surface area contributed by atoms with E-state index in [0.717, 1.165) is 38.3 Å². The summed E-state index contributed by atoms with van der Waals surface area (Å²) in [6.45, 7) is 12.1. The number of fused-ring (bicyclic) bond motifs is 3. The number of amides is 1. The number of thiophene rings is 1. The van der Waals surface area contributed by atoms with Crippen LogP contribution in [0.25, 0.3) is 21.3 Å². The molecule has 0 fully saturated rings. The molecule has 6 nitrogen and oxygen atoms in total. The lowest BCUT2D eigenvalue weighted by Crippen LogP contribution is -2.35. The van der Waals surface area contributed by atoms with Crippen LogP contribution >= 0.6 is 22.9 Å². The van der Waals surface area contributed by atoms with E-state index in [1.165, 1.54) is 5.56 Å². The van der Waals surface area contributed by atoms with E-state index < -0.39 is 0 Å². The van der Waals surface area contributed by atoms with Crippen molar-refractivity contribution in [2.45, 2.75) is 65.8 Å². The van der Waals surface area contributed by atoms with Crippen LogP contribution in [-0.4, -0.2) is 41.1 Å². The maximum absolute atomic E-state index is 13.2. The number of pyridine rings is 1. The Balaban J connectivity index is 1.63. The SMILES string of the molecule is COc1cc(-c2c(Cl)c(CNC(C)(C)C)nc3sc4c(c23)CCN(C(=O)c2ccccc2)C4)ccc1OC(C)C. The summed E-state index contributed by atoms with van der Waals surface area (Å²) in [4.78, 5) is 22.3. The van der Waals surface area contributed by atoms with E-state index >= 15 is 0 Å². The molecule has 0 atom stereocenters. The minimum absolute atomic E-state index is 0.0245. The zero-order valence-electron chi connectivity index (χ0n) is 23.9. The van der Waals surface area contributed by atoms with E-state index in [9.17, 15) is 4.79 Å². The Morgan fingerprint density at radius 3 is 2.58 bits per heavy atom. The number of ether oxygens (including phenoxy) is 2. The third-order valence-electron chi connectivity index (χ3n) is 6.91. The van der Waals surface area contributed by atoms with Crippen LogP contribution in [0.1, 0.15) is 61.1 Å². The summed E-state index contributed by atoms with van der Waals surface area (Å²) in [5.74, 6) is 1.40. The van der Waals surface area contributed by atoms with Crippen LogP contribution in [0.5, 0.6) is 11.5 Å². The van der Waals surface area contributed by atoms with E-state index in [0.29, 0.717) is 41.7 Å². The Labute approximate surface area is 245 Å². The lowest BCUT2D eigenvalue weighted by atomic mass is 9.95. The van der Waals surface area contributed by atoms with Crippen LogP contribution in [0.3, 0.4) is 0 Å². The van der Waals surface area contributed by atoms with E-state index in [2.05, 4.69) is 26.1 Å². The number of halogens is 1. The van der Waals surface area contributed by atoms with Gasteiger partial charge in [-0.25, -0.2) is 4.98 Å². The number of carbonyl (C=O) groups excluding carboxylic acids is 1. The van der Waals surface area contributed by atoms with Crippen molar-refractivity contribution in [3.05, 3.63) is 75.3 Å². The lowest BCUT2D eigenvalue weighted by molar-refractivity contribution is 0.0737. The van der Waals surface area contributed by atoms with Gasteiger partial charge < -0.3 is 19.7 Å². The predicted molar refractivity (Wildman–Crippen MR) is 164 cm³/mol. The number of hydrogen-bond acceptors (Lipinski definition) is 6. The molecule has 0 aliphatic carbocycles. The first-order chi connectivity index (χ1) is 19.1. The molecule has 1 aliphatic heterocycles. The smallest absolute Gasteiger partial charge is 0.254 e. The Morgan fingerprint density at radius 1 is 1.15 bits per heavy atom. The number of aromatic nitrogens is 1. The fourth-order valence-corrected chi connectivity index (χ4v) is 6.58. The lowest BCUT2D eigenvalue weighted by Gasteiger charge is -2.27. The summed E-state index contributed by atoms with van der Waals surface area (Å²) in [5.41, 5.74) is 4.54. The van der Waals surface area contributed by atoms with Crippen molar-refractivity contribution in [1.29, 1.82) is 0 Å². The first-order valence-corrected chi connectivity index (χ1v) is 14.8. The first kappa shape index (κ1) is 28.4. The van der Waals surface area contributed by atoms with E-state index in [1.807, 2.05) is 67.3 Å². The molecule has 0 radical (unpaired) electrons. The van der Waals surface area contributed by atoms with Gasteiger partial charge in [0, 0.05) is 40.0 Å². The average Bonchev–Trinajstić information content (AvgIpc) is 3.28. The van der Waals surface area contributed by atoms with Gasteiger partial charge in [-0.15, -0.1) is 11.3 Å². The summed E-state index contributed by atoms with van der Waals surface area (Å²) in [6, 6.07) is 15.5. The molecule has 0 spiro atoms. The van der Waals surface area contributed by atoms with Crippen molar-refractivity contribution in [3.8, 4) is 22.6 Å². The molecule has 0 unspecified atom stereocenters. The fourth-order valence-electron chi connectivity index (χ4n) is 5.00. The van der Waals surface area contributed by atoms with Gasteiger partial charge in [-0.1, -0.05) is 35.9 Å². The Kier molecular flexibility index (Phi) is 8.09. The van der Waals surface area contributed by atoms with Crippen LogP contribution in [0.4, 0.5) is 0 Å². The van der Waals surface area contributed by atoms with Crippen molar-refractivity contribution in [1.82, 2.24) is 15.2 Å². The van der Waals surface area contributed by atoms with Crippen LogP contribution in [0.2, 0.25) is 5.02 Å². The van der Waals surface area contributed by atoms with Gasteiger partial charge in [0.2, 0.25) is 0 Å². The molecule has 3 heterocycles. The Morgan fingerprint density at radius 2 is 1.90 bits per heavy atom. The highest BCUT2D eigenvalue weighted by Crippen LogP contribution is 2.46. The summed E-state index contributed by atoms with van der Waals surface area (Å²) in [7, 11) is 1.65. The third kappa shape index (κ3) is 5.82. The van der Waals surface area contributed by atoms with Crippen LogP contribution in [0, 0.1) is 0 Å². The predicted octanol–water partition coefficient (Wildman–Crippen LogP) is 7.50. The summed E-state index contributed by atoms with van der Waals surface area (Å²) >= 11 is 8.85. The second-order valence-electron chi connectivity index (χ2n) is 11.4. The summed E-state index contributed by atoms with van der Waals surface area (Å²) in [5, 5.41) is 5.23. The van der Waals surface area contributed by atoms with Crippen LogP contribution in [0.15, 0.2) is 48.5 Å². The standard InChI is InChI=1S/C32H36ClN3O3S/c1-19(2)39-24-13-12-21(16-25(24)38-6)27-28-22-14-15-36(31(37)20-10-8-7-9-11-20)18-26(22)40-30(28)35-23(29(27)33)17-34-32(3,4)5/h7-13,16,19,34H,14-15,17-18H2,1-6H3. The molecular weight excluding hydrogens is 542 g/mol. The van der Waals surface area contributed by atoms with Gasteiger partial charge in [0.15, 0.2) is 11.5 Å². The highest BCUT2D eigenvalue weighted by atomic mass is 35.5. The largest absolute Gasteiger partial charge is 0.493 e. The van der Waals surface area contributed by atoms with E-state index in [4.69, 9.17) is 26.1 Å². The molecular formula is C32H36ClN3O3S. The normalized spacial score (nSPS) is 13.6. The second kappa shape index (κ2) is 11.4. The molecule has 2 aromatic heterocycles. The maximum atomic E-state index is 13.2. The van der Waals surface area contributed by atoms with Crippen molar-refractivity contribution >= 4 is 39.1 Å². The molecule has 1 amide bonds. The van der Waals surface area contributed by atoms with Crippen molar-refractivity contribution < 1.29 is 14.3 Å². The van der Waals surface area contributed by atoms with Gasteiger partial charge in [-0.3, -0.25) is 4.79 Å². The molecule has 5 rings (SSSR count). The summed E-state index contributed by atoms with van der Waals surface area (Å²) in [6.07, 6.45) is 0.765. The van der Waals surface area contributed by atoms with Gasteiger partial charge in [0.25, 0.3) is 5.91 Å². The van der Waals surface area contributed by atoms with Crippen molar-refractivity contribution in [2.75, 3.05) is 13.7 Å². The monoisotopic (exact) mass is 577 g/mol. The maximum Gasteiger partial charge on any atom is 0.254 e. The molecule has 0 bridgehead atoms. The minimum atomic E-state index is -0.0911. The number of methoxy groups -OCH3 is 1. The number of carbonyl (C=O) groups is 1. The zero-order chi connectivity index (χ0) is 28.6. The van der Waals surface area contributed by atoms with Crippen LogP contribution < -0.4 is 14.8 Å².